The number of sulfone groups is 1. The molecule has 0 aromatic heterocycles. The highest BCUT2D eigenvalue weighted by atomic mass is 32.2. The number of aryl methyl sites for hydroxylation is 1. The number of nitrogens with one attached hydrogen (secondary N) is 2. The molecule has 0 aliphatic carbocycles. The van der Waals surface area contributed by atoms with Crippen molar-refractivity contribution in [1.82, 2.24) is 0 Å². The van der Waals surface area contributed by atoms with Crippen molar-refractivity contribution in [1.29, 1.82) is 0 Å². The fraction of sp³-hybridized carbons (Fsp3) is 0.235. The van der Waals surface area contributed by atoms with E-state index in [2.05, 4.69) is 10.6 Å². The highest BCUT2D eigenvalue weighted by molar-refractivity contribution is 7.90. The number of carbonyl (C=O) groups is 1. The van der Waals surface area contributed by atoms with Crippen LogP contribution in [0.25, 0.3) is 0 Å². The van der Waals surface area contributed by atoms with Gasteiger partial charge in [-0.15, -0.1) is 0 Å². The third-order valence-electron chi connectivity index (χ3n) is 3.71. The van der Waals surface area contributed by atoms with Crippen molar-refractivity contribution >= 4 is 27.2 Å². The molecule has 2 amide bonds. The van der Waals surface area contributed by atoms with Gasteiger partial charge in [-0.1, -0.05) is 0 Å². The van der Waals surface area contributed by atoms with Crippen LogP contribution in [0, 0.1) is 0 Å². The summed E-state index contributed by atoms with van der Waals surface area (Å²) in [4.78, 5) is 12.3. The average molecular weight is 346 g/mol. The van der Waals surface area contributed by atoms with Gasteiger partial charge in [0.1, 0.15) is 5.75 Å². The highest BCUT2D eigenvalue weighted by Crippen LogP contribution is 2.27. The van der Waals surface area contributed by atoms with E-state index in [1.807, 2.05) is 12.1 Å². The van der Waals surface area contributed by atoms with Gasteiger partial charge >= 0.3 is 6.03 Å². The summed E-state index contributed by atoms with van der Waals surface area (Å²) in [5, 5.41) is 5.43. The van der Waals surface area contributed by atoms with E-state index in [4.69, 9.17) is 4.74 Å². The molecule has 1 aliphatic rings. The molecule has 3 rings (SSSR count). The summed E-state index contributed by atoms with van der Waals surface area (Å²) in [6, 6.07) is 11.2. The minimum Gasteiger partial charge on any atom is -0.493 e. The van der Waals surface area contributed by atoms with Crippen molar-refractivity contribution in [3.63, 3.8) is 0 Å². The van der Waals surface area contributed by atoms with Crippen molar-refractivity contribution in [2.24, 2.45) is 0 Å². The van der Waals surface area contributed by atoms with E-state index in [0.29, 0.717) is 11.4 Å². The molecule has 0 bridgehead atoms. The number of carbonyl (C=O) groups excluding carboxylic acids is 1. The van der Waals surface area contributed by atoms with E-state index in [1.54, 1.807) is 18.2 Å². The van der Waals surface area contributed by atoms with Gasteiger partial charge in [-0.2, -0.15) is 0 Å². The molecule has 1 aliphatic heterocycles. The Morgan fingerprint density at radius 2 is 1.71 bits per heavy atom. The maximum Gasteiger partial charge on any atom is 0.323 e. The fourth-order valence-electron chi connectivity index (χ4n) is 2.52. The van der Waals surface area contributed by atoms with Crippen LogP contribution in [0.3, 0.4) is 0 Å². The Morgan fingerprint density at radius 3 is 2.42 bits per heavy atom. The smallest absolute Gasteiger partial charge is 0.323 e. The van der Waals surface area contributed by atoms with Gasteiger partial charge in [-0.3, -0.25) is 0 Å². The highest BCUT2D eigenvalue weighted by Gasteiger charge is 2.12. The third-order valence-corrected chi connectivity index (χ3v) is 4.84. The molecule has 0 spiro atoms. The second-order valence-corrected chi connectivity index (χ2v) is 7.67. The monoisotopic (exact) mass is 346 g/mol. The van der Waals surface area contributed by atoms with Crippen LogP contribution in [0.1, 0.15) is 12.0 Å². The molecule has 0 atom stereocenters. The number of ether oxygens (including phenoxy) is 1. The summed E-state index contributed by atoms with van der Waals surface area (Å²) in [7, 11) is -3.25. The molecule has 0 saturated carbocycles. The molecule has 7 heteroatoms. The first kappa shape index (κ1) is 16.3. The van der Waals surface area contributed by atoms with Gasteiger partial charge in [0, 0.05) is 17.6 Å². The van der Waals surface area contributed by atoms with E-state index in [0.717, 1.165) is 37.0 Å². The van der Waals surface area contributed by atoms with Gasteiger partial charge in [0.05, 0.1) is 11.5 Å². The van der Waals surface area contributed by atoms with E-state index in [1.165, 1.54) is 12.1 Å². The van der Waals surface area contributed by atoms with E-state index >= 15 is 0 Å². The Balaban J connectivity index is 1.65. The molecule has 0 saturated heterocycles. The van der Waals surface area contributed by atoms with Gasteiger partial charge in [0.25, 0.3) is 0 Å². The van der Waals surface area contributed by atoms with Crippen LogP contribution in [0.2, 0.25) is 0 Å². The Bertz CT molecular complexity index is 861. The number of rotatable bonds is 3. The lowest BCUT2D eigenvalue weighted by molar-refractivity contribution is 0.262. The second kappa shape index (κ2) is 6.52. The van der Waals surface area contributed by atoms with Crippen LogP contribution in [0.4, 0.5) is 16.2 Å². The normalized spacial score (nSPS) is 13.5. The summed E-state index contributed by atoms with van der Waals surface area (Å²) in [6.45, 7) is 0.726. The number of hydrogen-bond donors (Lipinski definition) is 2. The standard InChI is InChI=1S/C17H18N2O4S/c1-24(21,22)15-7-4-13(5-8-15)18-17(20)19-14-6-9-16-12(11-14)3-2-10-23-16/h4-9,11H,2-3,10H2,1H3,(H2,18,19,20). The van der Waals surface area contributed by atoms with Crippen molar-refractivity contribution < 1.29 is 17.9 Å². The predicted molar refractivity (Wildman–Crippen MR) is 92.5 cm³/mol. The Morgan fingerprint density at radius 1 is 1.04 bits per heavy atom. The first-order chi connectivity index (χ1) is 11.4. The van der Waals surface area contributed by atoms with Gasteiger partial charge < -0.3 is 15.4 Å². The summed E-state index contributed by atoms with van der Waals surface area (Å²) in [6.07, 6.45) is 3.04. The maximum atomic E-state index is 12.1. The topological polar surface area (TPSA) is 84.5 Å². The SMILES string of the molecule is CS(=O)(=O)c1ccc(NC(=O)Nc2ccc3c(c2)CCCO3)cc1. The number of fused-ring (bicyclic) bond motifs is 1. The number of urea groups is 1. The quantitative estimate of drug-likeness (QED) is 0.894. The first-order valence-electron chi connectivity index (χ1n) is 7.56. The first-order valence-corrected chi connectivity index (χ1v) is 9.45. The summed E-state index contributed by atoms with van der Waals surface area (Å²) in [5.41, 5.74) is 2.28. The van der Waals surface area contributed by atoms with Gasteiger partial charge in [0.2, 0.25) is 0 Å². The summed E-state index contributed by atoms with van der Waals surface area (Å²) >= 11 is 0. The van der Waals surface area contributed by atoms with Gasteiger partial charge in [-0.25, -0.2) is 13.2 Å². The van der Waals surface area contributed by atoms with Crippen molar-refractivity contribution in [2.45, 2.75) is 17.7 Å². The average Bonchev–Trinajstić information content (AvgIpc) is 2.54. The number of anilines is 2. The molecule has 0 unspecified atom stereocenters. The van der Waals surface area contributed by atoms with Gasteiger partial charge in [-0.05, 0) is 60.9 Å². The maximum absolute atomic E-state index is 12.1. The lowest BCUT2D eigenvalue weighted by Gasteiger charge is -2.18. The summed E-state index contributed by atoms with van der Waals surface area (Å²) < 4.78 is 28.4. The third kappa shape index (κ3) is 3.86. The predicted octanol–water partition coefficient (Wildman–Crippen LogP) is 3.06. The fourth-order valence-corrected chi connectivity index (χ4v) is 3.15. The molecular weight excluding hydrogens is 328 g/mol. The molecule has 24 heavy (non-hydrogen) atoms. The van der Waals surface area contributed by atoms with Crippen LogP contribution in [0.15, 0.2) is 47.4 Å². The zero-order valence-electron chi connectivity index (χ0n) is 13.2. The molecule has 2 aromatic rings. The van der Waals surface area contributed by atoms with Crippen LogP contribution >= 0.6 is 0 Å². The molecule has 126 valence electrons. The van der Waals surface area contributed by atoms with Crippen molar-refractivity contribution in [2.75, 3.05) is 23.5 Å². The number of amides is 2. The van der Waals surface area contributed by atoms with Crippen molar-refractivity contribution in [3.8, 4) is 5.75 Å². The molecule has 2 N–H and O–H groups in total. The Labute approximate surface area is 140 Å². The number of hydrogen-bond acceptors (Lipinski definition) is 4. The summed E-state index contributed by atoms with van der Waals surface area (Å²) in [5.74, 6) is 0.864. The molecule has 1 heterocycles. The van der Waals surface area contributed by atoms with Crippen LogP contribution in [-0.4, -0.2) is 27.3 Å². The molecule has 0 fully saturated rings. The molecule has 0 radical (unpaired) electrons. The minimum absolute atomic E-state index is 0.211. The molecular formula is C17H18N2O4S. The zero-order chi connectivity index (χ0) is 17.2. The molecule has 6 nitrogen and oxygen atoms in total. The van der Waals surface area contributed by atoms with Crippen molar-refractivity contribution in [3.05, 3.63) is 48.0 Å². The molecule has 2 aromatic carbocycles. The lowest BCUT2D eigenvalue weighted by atomic mass is 10.1. The van der Waals surface area contributed by atoms with Crippen LogP contribution < -0.4 is 15.4 Å². The minimum atomic E-state index is -3.25. The zero-order valence-corrected chi connectivity index (χ0v) is 14.0. The Hall–Kier alpha value is -2.54. The van der Waals surface area contributed by atoms with E-state index in [9.17, 15) is 13.2 Å². The van der Waals surface area contributed by atoms with Gasteiger partial charge in [0.15, 0.2) is 9.84 Å². The van der Waals surface area contributed by atoms with Crippen LogP contribution in [-0.2, 0) is 16.3 Å². The Kier molecular flexibility index (Phi) is 4.44. The number of benzene rings is 2. The van der Waals surface area contributed by atoms with Crippen LogP contribution in [0.5, 0.6) is 5.75 Å². The van der Waals surface area contributed by atoms with E-state index < -0.39 is 15.9 Å². The second-order valence-electron chi connectivity index (χ2n) is 5.65. The lowest BCUT2D eigenvalue weighted by Crippen LogP contribution is -2.19. The van der Waals surface area contributed by atoms with E-state index in [-0.39, 0.29) is 4.90 Å². The largest absolute Gasteiger partial charge is 0.493 e.